The molecule has 0 saturated carbocycles. The Balaban J connectivity index is 2.42. The number of rotatable bonds is 4. The van der Waals surface area contributed by atoms with Crippen molar-refractivity contribution in [1.82, 2.24) is 4.90 Å². The van der Waals surface area contributed by atoms with E-state index in [-0.39, 0.29) is 36.7 Å². The van der Waals surface area contributed by atoms with Crippen molar-refractivity contribution < 1.29 is 43.9 Å². The number of ether oxygens (including phenoxy) is 3. The van der Waals surface area contributed by atoms with Crippen LogP contribution in [-0.4, -0.2) is 100 Å². The van der Waals surface area contributed by atoms with Gasteiger partial charge in [-0.05, 0) is 67.0 Å². The Kier molecular flexibility index (Phi) is 11.5. The number of carbonyl (C=O) groups is 3. The van der Waals surface area contributed by atoms with E-state index in [1.54, 1.807) is 13.8 Å². The molecule has 2 aliphatic rings. The molecule has 220 valence electrons. The summed E-state index contributed by atoms with van der Waals surface area (Å²) in [6.45, 7) is 11.5. The highest BCUT2D eigenvalue weighted by atomic mass is 16.7. The second kappa shape index (κ2) is 13.3. The number of hydrogen-bond acceptors (Lipinski definition) is 10. The van der Waals surface area contributed by atoms with Crippen LogP contribution in [0.15, 0.2) is 0 Å². The summed E-state index contributed by atoms with van der Waals surface area (Å²) < 4.78 is 17.8. The van der Waals surface area contributed by atoms with E-state index < -0.39 is 65.8 Å². The summed E-state index contributed by atoms with van der Waals surface area (Å²) >= 11 is 0. The summed E-state index contributed by atoms with van der Waals surface area (Å²) in [4.78, 5) is 41.5. The number of hydrogen-bond donors (Lipinski definition) is 3. The molecular weight excluding hydrogens is 494 g/mol. The first-order chi connectivity index (χ1) is 17.5. The standard InChI is InChI=1S/C28H49NO9/c1-14-12-15(2)24(37-27-23(33)20(29(8)9)13-16(3)36-27)17(4)22(32)18(5)26(34)38-25(19(6)30)28(7,35)11-10-21(14)31/h14-20,23-25,27,30,33,35H,10-13H2,1-9H3/t14-,15+,16-,17+,18-,19-,20+,23-,24+,25-,27+,28+/m1/s1. The Morgan fingerprint density at radius 1 is 1.08 bits per heavy atom. The first-order valence-electron chi connectivity index (χ1n) is 13.8. The van der Waals surface area contributed by atoms with Crippen molar-refractivity contribution in [2.45, 2.75) is 123 Å². The third-order valence-corrected chi connectivity index (χ3v) is 8.30. The number of carbonyl (C=O) groups excluding carboxylic acids is 3. The van der Waals surface area contributed by atoms with E-state index in [9.17, 15) is 29.7 Å². The van der Waals surface area contributed by atoms with Crippen LogP contribution in [0.25, 0.3) is 0 Å². The first-order valence-corrected chi connectivity index (χ1v) is 13.8. The van der Waals surface area contributed by atoms with E-state index >= 15 is 0 Å². The van der Waals surface area contributed by atoms with Gasteiger partial charge in [-0.1, -0.05) is 20.8 Å². The molecule has 0 aliphatic carbocycles. The molecular formula is C28H49NO9. The molecule has 0 amide bonds. The van der Waals surface area contributed by atoms with Crippen LogP contribution >= 0.6 is 0 Å². The number of aliphatic hydroxyl groups excluding tert-OH is 2. The molecule has 10 heteroatoms. The van der Waals surface area contributed by atoms with Crippen molar-refractivity contribution >= 4 is 17.5 Å². The minimum Gasteiger partial charge on any atom is -0.456 e. The van der Waals surface area contributed by atoms with Gasteiger partial charge in [0.2, 0.25) is 0 Å². The monoisotopic (exact) mass is 543 g/mol. The van der Waals surface area contributed by atoms with E-state index in [1.165, 1.54) is 20.8 Å². The Bertz CT molecular complexity index is 829. The molecule has 0 spiro atoms. The van der Waals surface area contributed by atoms with E-state index in [0.29, 0.717) is 12.8 Å². The fraction of sp³-hybridized carbons (Fsp3) is 0.893. The molecule has 3 N–H and O–H groups in total. The Morgan fingerprint density at radius 2 is 1.68 bits per heavy atom. The predicted molar refractivity (Wildman–Crippen MR) is 140 cm³/mol. The number of Topliss-reactive ketones (excluding diaryl/α,β-unsaturated/α-hetero) is 2. The van der Waals surface area contributed by atoms with Gasteiger partial charge in [0, 0.05) is 24.3 Å². The van der Waals surface area contributed by atoms with Crippen LogP contribution < -0.4 is 0 Å². The highest BCUT2D eigenvalue weighted by Crippen LogP contribution is 2.33. The second-order valence-electron chi connectivity index (χ2n) is 12.1. The average Bonchev–Trinajstić information content (AvgIpc) is 2.83. The fourth-order valence-electron chi connectivity index (χ4n) is 5.79. The smallest absolute Gasteiger partial charge is 0.316 e. The van der Waals surface area contributed by atoms with Crippen LogP contribution in [0.3, 0.4) is 0 Å². The lowest BCUT2D eigenvalue weighted by Crippen LogP contribution is -2.56. The molecule has 2 rings (SSSR count). The Morgan fingerprint density at radius 3 is 2.24 bits per heavy atom. The van der Waals surface area contributed by atoms with Crippen LogP contribution in [0.5, 0.6) is 0 Å². The number of aliphatic hydroxyl groups is 3. The van der Waals surface area contributed by atoms with Crippen molar-refractivity contribution in [2.24, 2.45) is 23.7 Å². The minimum absolute atomic E-state index is 0.0159. The van der Waals surface area contributed by atoms with Gasteiger partial charge in [-0.25, -0.2) is 0 Å². The van der Waals surface area contributed by atoms with Crippen molar-refractivity contribution in [1.29, 1.82) is 0 Å². The normalized spacial score (nSPS) is 43.4. The average molecular weight is 544 g/mol. The molecule has 2 fully saturated rings. The number of cyclic esters (lactones) is 1. The van der Waals surface area contributed by atoms with Crippen molar-refractivity contribution in [3.63, 3.8) is 0 Å². The largest absolute Gasteiger partial charge is 0.456 e. The van der Waals surface area contributed by atoms with Gasteiger partial charge in [0.25, 0.3) is 0 Å². The summed E-state index contributed by atoms with van der Waals surface area (Å²) in [7, 11) is 3.75. The molecule has 0 aromatic rings. The number of nitrogens with zero attached hydrogens (tertiary/aromatic N) is 1. The van der Waals surface area contributed by atoms with E-state index in [4.69, 9.17) is 14.2 Å². The van der Waals surface area contributed by atoms with Crippen LogP contribution in [0, 0.1) is 23.7 Å². The quantitative estimate of drug-likeness (QED) is 0.354. The van der Waals surface area contributed by atoms with Crippen LogP contribution in [0.2, 0.25) is 0 Å². The zero-order valence-corrected chi connectivity index (χ0v) is 24.4. The molecule has 0 aromatic carbocycles. The van der Waals surface area contributed by atoms with Crippen LogP contribution in [0.1, 0.15) is 74.1 Å². The maximum Gasteiger partial charge on any atom is 0.316 e. The van der Waals surface area contributed by atoms with Gasteiger partial charge in [-0.15, -0.1) is 0 Å². The number of ketones is 2. The third kappa shape index (κ3) is 7.82. The van der Waals surface area contributed by atoms with Gasteiger partial charge >= 0.3 is 5.97 Å². The Hall–Kier alpha value is -1.43. The highest BCUT2D eigenvalue weighted by molar-refractivity contribution is 6.00. The molecule has 0 aromatic heterocycles. The molecule has 38 heavy (non-hydrogen) atoms. The summed E-state index contributed by atoms with van der Waals surface area (Å²) in [5.41, 5.74) is -1.66. The third-order valence-electron chi connectivity index (χ3n) is 8.30. The summed E-state index contributed by atoms with van der Waals surface area (Å²) in [5.74, 6) is -4.07. The summed E-state index contributed by atoms with van der Waals surface area (Å²) in [6, 6.07) is -0.205. The molecule has 0 bridgehead atoms. The lowest BCUT2D eigenvalue weighted by atomic mass is 9.79. The van der Waals surface area contributed by atoms with Gasteiger partial charge in [-0.3, -0.25) is 14.4 Å². The number of likely N-dealkylation sites (N-methyl/N-ethyl adjacent to an activating group) is 1. The predicted octanol–water partition coefficient (Wildman–Crippen LogP) is 1.71. The Labute approximate surface area is 227 Å². The zero-order chi connectivity index (χ0) is 29.1. The maximum absolute atomic E-state index is 13.5. The molecule has 10 nitrogen and oxygen atoms in total. The maximum atomic E-state index is 13.5. The molecule has 0 unspecified atom stereocenters. The summed E-state index contributed by atoms with van der Waals surface area (Å²) in [5, 5.41) is 32.3. The minimum atomic E-state index is -1.66. The topological polar surface area (TPSA) is 143 Å². The number of esters is 1. The SMILES string of the molecule is C[C@H]1C(=O)O[C@H]([C@@H](C)O)[C@@](C)(O)CCC(=O)[C@H](C)C[C@H](C)[C@H](O[C@@H]2O[C@H](C)C[C@H](N(C)C)[C@H]2O)[C@@H](C)C1=O. The molecule has 2 aliphatic heterocycles. The highest BCUT2D eigenvalue weighted by Gasteiger charge is 2.45. The zero-order valence-electron chi connectivity index (χ0n) is 24.4. The van der Waals surface area contributed by atoms with Crippen LogP contribution in [-0.2, 0) is 28.6 Å². The lowest BCUT2D eigenvalue weighted by molar-refractivity contribution is -0.278. The second-order valence-corrected chi connectivity index (χ2v) is 12.1. The van der Waals surface area contributed by atoms with Gasteiger partial charge in [0.05, 0.1) is 18.3 Å². The molecule has 2 heterocycles. The first kappa shape index (κ1) is 32.8. The van der Waals surface area contributed by atoms with Gasteiger partial charge in [0.15, 0.2) is 18.2 Å². The van der Waals surface area contributed by atoms with Crippen molar-refractivity contribution in [3.05, 3.63) is 0 Å². The molecule has 0 radical (unpaired) electrons. The van der Waals surface area contributed by atoms with E-state index in [0.717, 1.165) is 0 Å². The van der Waals surface area contributed by atoms with Gasteiger partial charge < -0.3 is 34.4 Å². The molecule has 2 saturated heterocycles. The summed E-state index contributed by atoms with van der Waals surface area (Å²) in [6.07, 6.45) is -4.39. The van der Waals surface area contributed by atoms with E-state index in [2.05, 4.69) is 0 Å². The van der Waals surface area contributed by atoms with Crippen molar-refractivity contribution in [3.8, 4) is 0 Å². The van der Waals surface area contributed by atoms with E-state index in [1.807, 2.05) is 32.8 Å². The molecule has 12 atom stereocenters. The fourth-order valence-corrected chi connectivity index (χ4v) is 5.79. The van der Waals surface area contributed by atoms with Gasteiger partial charge in [0.1, 0.15) is 23.4 Å². The van der Waals surface area contributed by atoms with Gasteiger partial charge in [-0.2, -0.15) is 0 Å². The van der Waals surface area contributed by atoms with Crippen molar-refractivity contribution in [2.75, 3.05) is 14.1 Å². The van der Waals surface area contributed by atoms with Crippen LogP contribution in [0.4, 0.5) is 0 Å². The lowest BCUT2D eigenvalue weighted by Gasteiger charge is -2.43.